The van der Waals surface area contributed by atoms with Crippen molar-refractivity contribution in [1.82, 2.24) is 20.4 Å². The Morgan fingerprint density at radius 3 is 2.62 bits per heavy atom. The van der Waals surface area contributed by atoms with Crippen LogP contribution in [0, 0.1) is 11.3 Å². The van der Waals surface area contributed by atoms with Crippen LogP contribution in [0.3, 0.4) is 0 Å². The van der Waals surface area contributed by atoms with Gasteiger partial charge in [-0.15, -0.1) is 0 Å². The van der Waals surface area contributed by atoms with Crippen molar-refractivity contribution >= 4 is 11.8 Å². The largest absolute Gasteiger partial charge is 0.385 e. The summed E-state index contributed by atoms with van der Waals surface area (Å²) in [5, 5.41) is 19.4. The fraction of sp³-hybridized carbons (Fsp3) is 0.389. The van der Waals surface area contributed by atoms with Gasteiger partial charge >= 0.3 is 6.03 Å². The number of aryl methyl sites for hydroxylation is 1. The summed E-state index contributed by atoms with van der Waals surface area (Å²) in [6.45, 7) is 1.66. The monoisotopic (exact) mass is 356 g/mol. The molecule has 2 amide bonds. The molecular weight excluding hydrogens is 332 g/mol. The molecule has 8 heteroatoms. The molecule has 2 aromatic rings. The molecule has 0 radical (unpaired) electrons. The average molecular weight is 356 g/mol. The van der Waals surface area contributed by atoms with Gasteiger partial charge in [-0.3, -0.25) is 0 Å². The molecule has 0 saturated heterocycles. The minimum absolute atomic E-state index is 0.212. The highest BCUT2D eigenvalue weighted by atomic mass is 16.5. The zero-order valence-electron chi connectivity index (χ0n) is 14.9. The minimum Gasteiger partial charge on any atom is -0.385 e. The number of para-hydroxylation sites is 1. The zero-order chi connectivity index (χ0) is 18.8. The predicted molar refractivity (Wildman–Crippen MR) is 98.9 cm³/mol. The Balaban J connectivity index is 1.86. The van der Waals surface area contributed by atoms with Gasteiger partial charge in [0.1, 0.15) is 17.5 Å². The second-order valence-corrected chi connectivity index (χ2v) is 5.70. The van der Waals surface area contributed by atoms with Gasteiger partial charge in [0.15, 0.2) is 0 Å². The Hall–Kier alpha value is -3.05. The number of nitrogen functional groups attached to an aromatic ring is 1. The molecule has 0 aliphatic heterocycles. The van der Waals surface area contributed by atoms with Crippen molar-refractivity contribution in [3.05, 3.63) is 41.6 Å². The second kappa shape index (κ2) is 10.1. The number of carbonyl (C=O) groups is 1. The summed E-state index contributed by atoms with van der Waals surface area (Å²) in [7, 11) is 1.63. The SMILES string of the molecule is COCCCNC(=O)NCCCc1nn(-c2ccccc2)c(N)c1C#N. The molecule has 1 aromatic heterocycles. The third-order valence-electron chi connectivity index (χ3n) is 3.79. The molecule has 0 bridgehead atoms. The molecule has 26 heavy (non-hydrogen) atoms. The maximum atomic E-state index is 11.6. The minimum atomic E-state index is -0.212. The number of amides is 2. The number of hydrogen-bond acceptors (Lipinski definition) is 5. The van der Waals surface area contributed by atoms with Crippen molar-refractivity contribution in [3.63, 3.8) is 0 Å². The lowest BCUT2D eigenvalue weighted by atomic mass is 10.1. The van der Waals surface area contributed by atoms with E-state index in [0.29, 0.717) is 49.6 Å². The van der Waals surface area contributed by atoms with E-state index in [9.17, 15) is 10.1 Å². The fourth-order valence-electron chi connectivity index (χ4n) is 2.48. The first-order chi connectivity index (χ1) is 12.7. The summed E-state index contributed by atoms with van der Waals surface area (Å²) in [6, 6.07) is 11.3. The van der Waals surface area contributed by atoms with Crippen molar-refractivity contribution in [3.8, 4) is 11.8 Å². The Morgan fingerprint density at radius 2 is 1.96 bits per heavy atom. The molecule has 4 N–H and O–H groups in total. The van der Waals surface area contributed by atoms with E-state index < -0.39 is 0 Å². The summed E-state index contributed by atoms with van der Waals surface area (Å²) in [5.41, 5.74) is 7.90. The van der Waals surface area contributed by atoms with E-state index in [1.807, 2.05) is 30.3 Å². The van der Waals surface area contributed by atoms with Crippen LogP contribution in [0.5, 0.6) is 0 Å². The maximum Gasteiger partial charge on any atom is 0.314 e. The molecule has 8 nitrogen and oxygen atoms in total. The van der Waals surface area contributed by atoms with Crippen LogP contribution in [0.4, 0.5) is 10.6 Å². The van der Waals surface area contributed by atoms with Crippen LogP contribution in [0.1, 0.15) is 24.1 Å². The molecule has 2 rings (SSSR count). The smallest absolute Gasteiger partial charge is 0.314 e. The molecule has 0 unspecified atom stereocenters. The van der Waals surface area contributed by atoms with Crippen LogP contribution in [-0.2, 0) is 11.2 Å². The van der Waals surface area contributed by atoms with Crippen molar-refractivity contribution in [2.75, 3.05) is 32.5 Å². The Labute approximate surface area is 152 Å². The third-order valence-corrected chi connectivity index (χ3v) is 3.79. The van der Waals surface area contributed by atoms with Gasteiger partial charge in [-0.2, -0.15) is 10.4 Å². The van der Waals surface area contributed by atoms with Crippen molar-refractivity contribution in [1.29, 1.82) is 5.26 Å². The van der Waals surface area contributed by atoms with E-state index in [0.717, 1.165) is 12.1 Å². The molecule has 138 valence electrons. The summed E-state index contributed by atoms with van der Waals surface area (Å²) in [4.78, 5) is 11.6. The van der Waals surface area contributed by atoms with E-state index >= 15 is 0 Å². The fourth-order valence-corrected chi connectivity index (χ4v) is 2.48. The molecule has 0 fully saturated rings. The zero-order valence-corrected chi connectivity index (χ0v) is 14.9. The number of nitrogens with two attached hydrogens (primary N) is 1. The molecule has 0 saturated carbocycles. The van der Waals surface area contributed by atoms with Crippen molar-refractivity contribution in [2.24, 2.45) is 0 Å². The standard InChI is InChI=1S/C18H24N6O2/c1-26-12-6-11-22-18(25)21-10-5-9-16-15(13-19)17(20)24(23-16)14-7-3-2-4-8-14/h2-4,7-8H,5-6,9-12,20H2,1H3,(H2,21,22,25). The molecule has 0 atom stereocenters. The molecule has 0 aliphatic carbocycles. The number of aromatic nitrogens is 2. The van der Waals surface area contributed by atoms with Crippen molar-refractivity contribution < 1.29 is 9.53 Å². The third kappa shape index (κ3) is 5.22. The highest BCUT2D eigenvalue weighted by molar-refractivity contribution is 5.73. The highest BCUT2D eigenvalue weighted by Crippen LogP contribution is 2.21. The van der Waals surface area contributed by atoms with Crippen LogP contribution < -0.4 is 16.4 Å². The number of nitrogens with one attached hydrogen (secondary N) is 2. The first-order valence-corrected chi connectivity index (χ1v) is 8.51. The summed E-state index contributed by atoms with van der Waals surface area (Å²) in [5.74, 6) is 0.331. The molecule has 0 aliphatic rings. The predicted octanol–water partition coefficient (Wildman–Crippen LogP) is 1.59. The van der Waals surface area contributed by atoms with Gasteiger partial charge in [0.25, 0.3) is 0 Å². The average Bonchev–Trinajstić information content (AvgIpc) is 2.98. The topological polar surface area (TPSA) is 118 Å². The van der Waals surface area contributed by atoms with Crippen LogP contribution in [0.2, 0.25) is 0 Å². The number of nitrogens with zero attached hydrogens (tertiary/aromatic N) is 3. The number of urea groups is 1. The van der Waals surface area contributed by atoms with E-state index in [1.165, 1.54) is 0 Å². The van der Waals surface area contributed by atoms with Crippen LogP contribution >= 0.6 is 0 Å². The number of benzene rings is 1. The Bertz CT molecular complexity index is 751. The van der Waals surface area contributed by atoms with Gasteiger partial charge in [0, 0.05) is 26.8 Å². The quantitative estimate of drug-likeness (QED) is 0.590. The van der Waals surface area contributed by atoms with Crippen LogP contribution in [0.25, 0.3) is 5.69 Å². The lowest BCUT2D eigenvalue weighted by molar-refractivity contribution is 0.193. The number of rotatable bonds is 9. The normalized spacial score (nSPS) is 10.3. The van der Waals surface area contributed by atoms with E-state index in [4.69, 9.17) is 10.5 Å². The highest BCUT2D eigenvalue weighted by Gasteiger charge is 2.16. The Kier molecular flexibility index (Phi) is 7.46. The molecule has 1 aromatic carbocycles. The summed E-state index contributed by atoms with van der Waals surface area (Å²) >= 11 is 0. The molecule has 1 heterocycles. The van der Waals surface area contributed by atoms with Gasteiger partial charge in [-0.05, 0) is 31.4 Å². The summed E-state index contributed by atoms with van der Waals surface area (Å²) < 4.78 is 6.49. The number of methoxy groups -OCH3 is 1. The summed E-state index contributed by atoms with van der Waals surface area (Å²) in [6.07, 6.45) is 1.98. The van der Waals surface area contributed by atoms with E-state index in [2.05, 4.69) is 21.8 Å². The van der Waals surface area contributed by atoms with E-state index in [1.54, 1.807) is 11.8 Å². The van der Waals surface area contributed by atoms with Gasteiger partial charge in [-0.1, -0.05) is 18.2 Å². The number of carbonyl (C=O) groups excluding carboxylic acids is 1. The number of hydrogen-bond donors (Lipinski definition) is 3. The molecule has 0 spiro atoms. The number of ether oxygens (including phenoxy) is 1. The lowest BCUT2D eigenvalue weighted by Gasteiger charge is -2.06. The first-order valence-electron chi connectivity index (χ1n) is 8.51. The maximum absolute atomic E-state index is 11.6. The van der Waals surface area contributed by atoms with Gasteiger partial charge in [-0.25, -0.2) is 9.48 Å². The lowest BCUT2D eigenvalue weighted by Crippen LogP contribution is -2.36. The van der Waals surface area contributed by atoms with Crippen molar-refractivity contribution in [2.45, 2.75) is 19.3 Å². The van der Waals surface area contributed by atoms with E-state index in [-0.39, 0.29) is 6.03 Å². The van der Waals surface area contributed by atoms with Crippen LogP contribution in [-0.4, -0.2) is 42.6 Å². The molecular formula is C18H24N6O2. The number of anilines is 1. The number of nitriles is 1. The van der Waals surface area contributed by atoms with Gasteiger partial charge < -0.3 is 21.1 Å². The Morgan fingerprint density at radius 1 is 1.27 bits per heavy atom. The first kappa shape index (κ1) is 19.3. The second-order valence-electron chi connectivity index (χ2n) is 5.70. The van der Waals surface area contributed by atoms with Gasteiger partial charge in [0.05, 0.1) is 11.4 Å². The van der Waals surface area contributed by atoms with Crippen LogP contribution in [0.15, 0.2) is 30.3 Å². The van der Waals surface area contributed by atoms with Gasteiger partial charge in [0.2, 0.25) is 0 Å².